The van der Waals surface area contributed by atoms with Crippen LogP contribution in [-0.2, 0) is 7.05 Å². The Morgan fingerprint density at radius 1 is 1.29 bits per heavy atom. The van der Waals surface area contributed by atoms with Crippen LogP contribution in [0, 0.1) is 6.92 Å². The molecule has 5 nitrogen and oxygen atoms in total. The van der Waals surface area contributed by atoms with Crippen LogP contribution in [0.15, 0.2) is 30.6 Å². The number of likely N-dealkylation sites (tertiary alicyclic amines) is 1. The van der Waals surface area contributed by atoms with Gasteiger partial charge in [0.2, 0.25) is 0 Å². The topological polar surface area (TPSA) is 50.2 Å². The number of aryl methyl sites for hydroxylation is 2. The number of aromatic nitrogens is 2. The SMILES string of the molecule is Cc1ncn(C)c1C(=O)NCC(c1ccc(Cl)cc1)N1CCCC1. The van der Waals surface area contributed by atoms with E-state index in [0.29, 0.717) is 12.2 Å². The van der Waals surface area contributed by atoms with E-state index in [1.165, 1.54) is 18.4 Å². The normalized spacial score (nSPS) is 16.3. The summed E-state index contributed by atoms with van der Waals surface area (Å²) in [6, 6.07) is 8.09. The van der Waals surface area contributed by atoms with Crippen LogP contribution < -0.4 is 5.32 Å². The molecule has 1 aromatic heterocycles. The number of halogens is 1. The highest BCUT2D eigenvalue weighted by Crippen LogP contribution is 2.25. The zero-order valence-corrected chi connectivity index (χ0v) is 14.9. The summed E-state index contributed by atoms with van der Waals surface area (Å²) in [5.74, 6) is -0.0781. The first-order valence-electron chi connectivity index (χ1n) is 8.32. The molecule has 1 unspecified atom stereocenters. The molecule has 128 valence electrons. The molecule has 0 saturated carbocycles. The van der Waals surface area contributed by atoms with Crippen molar-refractivity contribution in [2.24, 2.45) is 7.05 Å². The van der Waals surface area contributed by atoms with Crippen molar-refractivity contribution in [2.75, 3.05) is 19.6 Å². The van der Waals surface area contributed by atoms with Gasteiger partial charge in [0.05, 0.1) is 18.1 Å². The lowest BCUT2D eigenvalue weighted by Gasteiger charge is -2.28. The third-order valence-corrected chi connectivity index (χ3v) is 4.88. The van der Waals surface area contributed by atoms with E-state index in [9.17, 15) is 4.79 Å². The quantitative estimate of drug-likeness (QED) is 0.905. The van der Waals surface area contributed by atoms with Crippen LogP contribution in [0.3, 0.4) is 0 Å². The second-order valence-electron chi connectivity index (χ2n) is 6.31. The van der Waals surface area contributed by atoms with E-state index in [1.54, 1.807) is 10.9 Å². The maximum atomic E-state index is 12.5. The Balaban J connectivity index is 1.74. The third-order valence-electron chi connectivity index (χ3n) is 4.63. The Morgan fingerprint density at radius 2 is 1.96 bits per heavy atom. The Kier molecular flexibility index (Phi) is 5.21. The first-order valence-corrected chi connectivity index (χ1v) is 8.69. The van der Waals surface area contributed by atoms with Crippen LogP contribution in [0.2, 0.25) is 5.02 Å². The van der Waals surface area contributed by atoms with Crippen LogP contribution in [-0.4, -0.2) is 40.0 Å². The second kappa shape index (κ2) is 7.36. The monoisotopic (exact) mass is 346 g/mol. The summed E-state index contributed by atoms with van der Waals surface area (Å²) in [5, 5.41) is 3.81. The van der Waals surface area contributed by atoms with Crippen molar-refractivity contribution in [3.8, 4) is 0 Å². The molecule has 2 heterocycles. The van der Waals surface area contributed by atoms with Crippen molar-refractivity contribution in [1.82, 2.24) is 19.8 Å². The van der Waals surface area contributed by atoms with E-state index >= 15 is 0 Å². The summed E-state index contributed by atoms with van der Waals surface area (Å²) in [4.78, 5) is 19.2. The van der Waals surface area contributed by atoms with E-state index in [4.69, 9.17) is 11.6 Å². The first kappa shape index (κ1) is 17.0. The predicted molar refractivity (Wildman–Crippen MR) is 95.3 cm³/mol. The molecular formula is C18H23ClN4O. The Labute approximate surface area is 147 Å². The highest BCUT2D eigenvalue weighted by molar-refractivity contribution is 6.30. The van der Waals surface area contributed by atoms with E-state index in [1.807, 2.05) is 38.2 Å². The van der Waals surface area contributed by atoms with Gasteiger partial charge in [-0.15, -0.1) is 0 Å². The summed E-state index contributed by atoms with van der Waals surface area (Å²) >= 11 is 6.01. The molecule has 1 aliphatic rings. The lowest BCUT2D eigenvalue weighted by atomic mass is 10.1. The van der Waals surface area contributed by atoms with Crippen molar-refractivity contribution in [2.45, 2.75) is 25.8 Å². The minimum absolute atomic E-state index is 0.0781. The number of nitrogens with zero attached hydrogens (tertiary/aromatic N) is 3. The van der Waals surface area contributed by atoms with Gasteiger partial charge in [-0.3, -0.25) is 9.69 Å². The van der Waals surface area contributed by atoms with E-state index in [-0.39, 0.29) is 11.9 Å². The van der Waals surface area contributed by atoms with Gasteiger partial charge in [-0.05, 0) is 50.6 Å². The van der Waals surface area contributed by atoms with Gasteiger partial charge < -0.3 is 9.88 Å². The van der Waals surface area contributed by atoms with Gasteiger partial charge >= 0.3 is 0 Å². The van der Waals surface area contributed by atoms with Crippen molar-refractivity contribution in [3.05, 3.63) is 52.6 Å². The van der Waals surface area contributed by atoms with E-state index in [2.05, 4.69) is 15.2 Å². The highest BCUT2D eigenvalue weighted by Gasteiger charge is 2.25. The van der Waals surface area contributed by atoms with E-state index < -0.39 is 0 Å². The molecule has 24 heavy (non-hydrogen) atoms. The second-order valence-corrected chi connectivity index (χ2v) is 6.75. The smallest absolute Gasteiger partial charge is 0.269 e. The number of nitrogens with one attached hydrogen (secondary N) is 1. The number of benzene rings is 1. The Bertz CT molecular complexity index is 685. The van der Waals surface area contributed by atoms with Gasteiger partial charge in [0.1, 0.15) is 5.69 Å². The van der Waals surface area contributed by atoms with Gasteiger partial charge in [-0.1, -0.05) is 23.7 Å². The molecule has 1 fully saturated rings. The molecule has 1 amide bonds. The molecule has 0 aliphatic carbocycles. The van der Waals surface area contributed by atoms with E-state index in [0.717, 1.165) is 23.8 Å². The van der Waals surface area contributed by atoms with Crippen molar-refractivity contribution >= 4 is 17.5 Å². The van der Waals surface area contributed by atoms with Crippen LogP contribution >= 0.6 is 11.6 Å². The zero-order chi connectivity index (χ0) is 17.1. The third kappa shape index (κ3) is 3.62. The molecule has 1 aromatic carbocycles. The van der Waals surface area contributed by atoms with Crippen molar-refractivity contribution in [1.29, 1.82) is 0 Å². The fraction of sp³-hybridized carbons (Fsp3) is 0.444. The average Bonchev–Trinajstić information content (AvgIpc) is 3.19. The molecule has 1 aliphatic heterocycles. The van der Waals surface area contributed by atoms with Gasteiger partial charge in [-0.25, -0.2) is 4.98 Å². The minimum atomic E-state index is -0.0781. The van der Waals surface area contributed by atoms with Crippen molar-refractivity contribution in [3.63, 3.8) is 0 Å². The van der Waals surface area contributed by atoms with Crippen LogP contribution in [0.25, 0.3) is 0 Å². The first-order chi connectivity index (χ1) is 11.6. The van der Waals surface area contributed by atoms with Gasteiger partial charge in [-0.2, -0.15) is 0 Å². The molecule has 1 N–H and O–H groups in total. The zero-order valence-electron chi connectivity index (χ0n) is 14.1. The van der Waals surface area contributed by atoms with Gasteiger partial charge in [0, 0.05) is 18.6 Å². The molecule has 1 atom stereocenters. The number of rotatable bonds is 5. The molecule has 2 aromatic rings. The van der Waals surface area contributed by atoms with Crippen molar-refractivity contribution < 1.29 is 4.79 Å². The summed E-state index contributed by atoms with van der Waals surface area (Å²) < 4.78 is 1.76. The molecule has 1 saturated heterocycles. The lowest BCUT2D eigenvalue weighted by Crippen LogP contribution is -2.37. The summed E-state index contributed by atoms with van der Waals surface area (Å²) in [7, 11) is 1.84. The fourth-order valence-electron chi connectivity index (χ4n) is 3.34. The van der Waals surface area contributed by atoms with Crippen LogP contribution in [0.1, 0.15) is 40.6 Å². The summed E-state index contributed by atoms with van der Waals surface area (Å²) in [6.07, 6.45) is 4.08. The van der Waals surface area contributed by atoms with Gasteiger partial charge in [0.25, 0.3) is 5.91 Å². The minimum Gasteiger partial charge on any atom is -0.349 e. The summed E-state index contributed by atoms with van der Waals surface area (Å²) in [5.41, 5.74) is 2.55. The standard InChI is InChI=1S/C18H23ClN4O/c1-13-17(22(2)12-21-13)18(24)20-11-16(23-9-3-4-10-23)14-5-7-15(19)8-6-14/h5-8,12,16H,3-4,9-11H2,1-2H3,(H,20,24). The van der Waals surface area contributed by atoms with Crippen LogP contribution in [0.4, 0.5) is 0 Å². The molecule has 0 bridgehead atoms. The average molecular weight is 347 g/mol. The Hall–Kier alpha value is -1.85. The molecule has 3 rings (SSSR count). The Morgan fingerprint density at radius 3 is 2.54 bits per heavy atom. The molecular weight excluding hydrogens is 324 g/mol. The number of imidazole rings is 1. The number of hydrogen-bond acceptors (Lipinski definition) is 3. The molecule has 6 heteroatoms. The number of carbonyl (C=O) groups is 1. The maximum Gasteiger partial charge on any atom is 0.269 e. The number of amides is 1. The molecule has 0 radical (unpaired) electrons. The predicted octanol–water partition coefficient (Wildman–Crippen LogP) is 2.95. The van der Waals surface area contributed by atoms with Gasteiger partial charge in [0.15, 0.2) is 0 Å². The number of hydrogen-bond donors (Lipinski definition) is 1. The maximum absolute atomic E-state index is 12.5. The fourth-order valence-corrected chi connectivity index (χ4v) is 3.47. The summed E-state index contributed by atoms with van der Waals surface area (Å²) in [6.45, 7) is 4.55. The lowest BCUT2D eigenvalue weighted by molar-refractivity contribution is 0.0929. The molecule has 0 spiro atoms. The highest BCUT2D eigenvalue weighted by atomic mass is 35.5. The largest absolute Gasteiger partial charge is 0.349 e. The number of carbonyl (C=O) groups excluding carboxylic acids is 1. The van der Waals surface area contributed by atoms with Crippen LogP contribution in [0.5, 0.6) is 0 Å².